The van der Waals surface area contributed by atoms with Gasteiger partial charge in [0, 0.05) is 6.04 Å². The molecule has 0 aliphatic carbocycles. The molecule has 0 saturated heterocycles. The predicted octanol–water partition coefficient (Wildman–Crippen LogP) is 2.96. The summed E-state index contributed by atoms with van der Waals surface area (Å²) in [7, 11) is 0. The van der Waals surface area contributed by atoms with Crippen LogP contribution in [0.4, 0.5) is 4.39 Å². The minimum absolute atomic E-state index is 0.0470. The van der Waals surface area contributed by atoms with Crippen LogP contribution in [0.5, 0.6) is 0 Å². The molecule has 0 amide bonds. The second-order valence-electron chi connectivity index (χ2n) is 4.30. The number of aryl methyl sites for hydroxylation is 1. The summed E-state index contributed by atoms with van der Waals surface area (Å²) >= 11 is 0. The third-order valence-electron chi connectivity index (χ3n) is 3.04. The van der Waals surface area contributed by atoms with E-state index in [-0.39, 0.29) is 11.9 Å². The van der Waals surface area contributed by atoms with Gasteiger partial charge in [-0.2, -0.15) is 0 Å². The van der Waals surface area contributed by atoms with E-state index >= 15 is 0 Å². The fourth-order valence-corrected chi connectivity index (χ4v) is 2.00. The predicted molar refractivity (Wildman–Crippen MR) is 71.2 cm³/mol. The number of hydrazine groups is 1. The lowest BCUT2D eigenvalue weighted by molar-refractivity contribution is 0.515. The van der Waals surface area contributed by atoms with Gasteiger partial charge in [0.15, 0.2) is 0 Å². The highest BCUT2D eigenvalue weighted by molar-refractivity contribution is 5.21. The summed E-state index contributed by atoms with van der Waals surface area (Å²) in [6.45, 7) is 0. The monoisotopic (exact) mass is 244 g/mol. The van der Waals surface area contributed by atoms with Gasteiger partial charge in [0.05, 0.1) is 0 Å². The van der Waals surface area contributed by atoms with Crippen LogP contribution in [0.2, 0.25) is 0 Å². The maximum absolute atomic E-state index is 12.9. The first-order valence-electron chi connectivity index (χ1n) is 6.05. The van der Waals surface area contributed by atoms with E-state index < -0.39 is 0 Å². The molecule has 2 nitrogen and oxygen atoms in total. The minimum Gasteiger partial charge on any atom is -0.271 e. The second-order valence-corrected chi connectivity index (χ2v) is 4.30. The van der Waals surface area contributed by atoms with Gasteiger partial charge < -0.3 is 0 Å². The fourth-order valence-electron chi connectivity index (χ4n) is 2.00. The quantitative estimate of drug-likeness (QED) is 0.627. The van der Waals surface area contributed by atoms with Crippen molar-refractivity contribution < 1.29 is 4.39 Å². The third kappa shape index (κ3) is 3.39. The summed E-state index contributed by atoms with van der Waals surface area (Å²) in [5.41, 5.74) is 5.07. The van der Waals surface area contributed by atoms with Crippen molar-refractivity contribution in [2.75, 3.05) is 0 Å². The van der Waals surface area contributed by atoms with Crippen LogP contribution in [0.1, 0.15) is 23.6 Å². The molecule has 0 aliphatic heterocycles. The van der Waals surface area contributed by atoms with Gasteiger partial charge in [0.1, 0.15) is 5.82 Å². The Hall–Kier alpha value is -1.71. The molecule has 0 fully saturated rings. The molecule has 2 aromatic carbocycles. The third-order valence-corrected chi connectivity index (χ3v) is 3.04. The molecule has 18 heavy (non-hydrogen) atoms. The summed E-state index contributed by atoms with van der Waals surface area (Å²) in [6, 6.07) is 16.8. The highest BCUT2D eigenvalue weighted by Crippen LogP contribution is 2.18. The molecule has 94 valence electrons. The van der Waals surface area contributed by atoms with Crippen LogP contribution in [0.25, 0.3) is 0 Å². The lowest BCUT2D eigenvalue weighted by atomic mass is 9.99. The molecule has 2 aromatic rings. The van der Waals surface area contributed by atoms with Crippen molar-refractivity contribution in [3.8, 4) is 0 Å². The van der Waals surface area contributed by atoms with E-state index in [1.54, 1.807) is 12.1 Å². The van der Waals surface area contributed by atoms with Crippen LogP contribution in [0.3, 0.4) is 0 Å². The van der Waals surface area contributed by atoms with Crippen LogP contribution < -0.4 is 11.3 Å². The summed E-state index contributed by atoms with van der Waals surface area (Å²) in [5.74, 6) is 5.34. The average molecular weight is 244 g/mol. The van der Waals surface area contributed by atoms with Crippen molar-refractivity contribution in [2.45, 2.75) is 18.9 Å². The first-order valence-corrected chi connectivity index (χ1v) is 6.05. The molecular formula is C15H17FN2. The Morgan fingerprint density at radius 2 is 1.67 bits per heavy atom. The molecule has 3 heteroatoms. The Bertz CT molecular complexity index is 468. The van der Waals surface area contributed by atoms with E-state index in [1.165, 1.54) is 17.7 Å². The van der Waals surface area contributed by atoms with E-state index in [9.17, 15) is 4.39 Å². The van der Waals surface area contributed by atoms with E-state index in [1.807, 2.05) is 18.2 Å². The van der Waals surface area contributed by atoms with Crippen LogP contribution >= 0.6 is 0 Å². The molecule has 0 spiro atoms. The largest absolute Gasteiger partial charge is 0.271 e. The molecule has 0 saturated carbocycles. The lowest BCUT2D eigenvalue weighted by Crippen LogP contribution is -2.28. The second kappa shape index (κ2) is 6.28. The summed E-state index contributed by atoms with van der Waals surface area (Å²) < 4.78 is 12.9. The Morgan fingerprint density at radius 3 is 2.28 bits per heavy atom. The average Bonchev–Trinajstić information content (AvgIpc) is 2.42. The number of nitrogens with one attached hydrogen (secondary N) is 1. The SMILES string of the molecule is NNC(CCc1ccccc1)c1ccc(F)cc1. The number of benzene rings is 2. The van der Waals surface area contributed by atoms with Crippen LogP contribution in [0.15, 0.2) is 54.6 Å². The Morgan fingerprint density at radius 1 is 1.00 bits per heavy atom. The van der Waals surface area contributed by atoms with E-state index in [0.717, 1.165) is 18.4 Å². The molecule has 1 atom stereocenters. The topological polar surface area (TPSA) is 38.0 Å². The molecule has 0 aromatic heterocycles. The van der Waals surface area contributed by atoms with Crippen molar-refractivity contribution in [3.05, 3.63) is 71.5 Å². The zero-order valence-corrected chi connectivity index (χ0v) is 10.1. The first-order chi connectivity index (χ1) is 8.79. The molecule has 3 N–H and O–H groups in total. The molecule has 2 rings (SSSR count). The number of hydrogen-bond acceptors (Lipinski definition) is 2. The maximum atomic E-state index is 12.9. The maximum Gasteiger partial charge on any atom is 0.123 e. The Balaban J connectivity index is 1.99. The molecule has 0 radical (unpaired) electrons. The van der Waals surface area contributed by atoms with Crippen molar-refractivity contribution in [2.24, 2.45) is 5.84 Å². The Labute approximate surface area is 107 Å². The standard InChI is InChI=1S/C15H17FN2/c16-14-9-7-13(8-10-14)15(18-17)11-6-12-4-2-1-3-5-12/h1-5,7-10,15,18H,6,11,17H2. The number of rotatable bonds is 5. The lowest BCUT2D eigenvalue weighted by Gasteiger charge is -2.16. The Kier molecular flexibility index (Phi) is 4.45. The van der Waals surface area contributed by atoms with Gasteiger partial charge in [-0.25, -0.2) is 4.39 Å². The normalized spacial score (nSPS) is 12.3. The number of nitrogens with two attached hydrogens (primary N) is 1. The van der Waals surface area contributed by atoms with Crippen molar-refractivity contribution in [3.63, 3.8) is 0 Å². The number of hydrogen-bond donors (Lipinski definition) is 2. The zero-order valence-electron chi connectivity index (χ0n) is 10.1. The fraction of sp³-hybridized carbons (Fsp3) is 0.200. The molecule has 0 heterocycles. The summed E-state index contributed by atoms with van der Waals surface area (Å²) in [6.07, 6.45) is 1.82. The van der Waals surface area contributed by atoms with Crippen molar-refractivity contribution >= 4 is 0 Å². The van der Waals surface area contributed by atoms with Gasteiger partial charge in [-0.3, -0.25) is 11.3 Å². The van der Waals surface area contributed by atoms with Gasteiger partial charge in [-0.05, 0) is 36.1 Å². The van der Waals surface area contributed by atoms with E-state index in [0.29, 0.717) is 0 Å². The summed E-state index contributed by atoms with van der Waals surface area (Å²) in [4.78, 5) is 0. The van der Waals surface area contributed by atoms with Gasteiger partial charge in [-0.1, -0.05) is 42.5 Å². The molecule has 1 unspecified atom stereocenters. The van der Waals surface area contributed by atoms with E-state index in [2.05, 4.69) is 17.6 Å². The van der Waals surface area contributed by atoms with Gasteiger partial charge in [0.2, 0.25) is 0 Å². The first kappa shape index (κ1) is 12.7. The molecular weight excluding hydrogens is 227 g/mol. The van der Waals surface area contributed by atoms with Crippen molar-refractivity contribution in [1.29, 1.82) is 0 Å². The smallest absolute Gasteiger partial charge is 0.123 e. The van der Waals surface area contributed by atoms with E-state index in [4.69, 9.17) is 5.84 Å². The highest BCUT2D eigenvalue weighted by atomic mass is 19.1. The molecule has 0 aliphatic rings. The highest BCUT2D eigenvalue weighted by Gasteiger charge is 2.09. The van der Waals surface area contributed by atoms with Crippen LogP contribution in [-0.2, 0) is 6.42 Å². The van der Waals surface area contributed by atoms with Gasteiger partial charge >= 0.3 is 0 Å². The number of halogens is 1. The van der Waals surface area contributed by atoms with Gasteiger partial charge in [-0.15, -0.1) is 0 Å². The van der Waals surface area contributed by atoms with Gasteiger partial charge in [0.25, 0.3) is 0 Å². The molecule has 0 bridgehead atoms. The van der Waals surface area contributed by atoms with Crippen molar-refractivity contribution in [1.82, 2.24) is 5.43 Å². The summed E-state index contributed by atoms with van der Waals surface area (Å²) in [5, 5.41) is 0. The zero-order chi connectivity index (χ0) is 12.8. The minimum atomic E-state index is -0.224. The van der Waals surface area contributed by atoms with Crippen LogP contribution in [0, 0.1) is 5.82 Å². The van der Waals surface area contributed by atoms with Crippen LogP contribution in [-0.4, -0.2) is 0 Å².